The third-order valence-corrected chi connectivity index (χ3v) is 3.15. The average molecular weight is 209 g/mol. The van der Waals surface area contributed by atoms with Crippen LogP contribution < -0.4 is 0 Å². The molecule has 2 nitrogen and oxygen atoms in total. The fourth-order valence-corrected chi connectivity index (χ4v) is 2.07. The Morgan fingerprint density at radius 3 is 2.53 bits per heavy atom. The molecule has 2 heteroatoms. The summed E-state index contributed by atoms with van der Waals surface area (Å²) in [6.07, 6.45) is 8.64. The Hall–Kier alpha value is -0.520. The normalized spacial score (nSPS) is 27.9. The zero-order chi connectivity index (χ0) is 11.5. The van der Waals surface area contributed by atoms with Crippen LogP contribution in [0.2, 0.25) is 0 Å². The summed E-state index contributed by atoms with van der Waals surface area (Å²) in [7, 11) is 2.15. The highest BCUT2D eigenvalue weighted by Crippen LogP contribution is 2.32. The van der Waals surface area contributed by atoms with Crippen molar-refractivity contribution in [2.24, 2.45) is 0 Å². The predicted octanol–water partition coefficient (Wildman–Crippen LogP) is 2.29. The summed E-state index contributed by atoms with van der Waals surface area (Å²) < 4.78 is 5.90. The lowest BCUT2D eigenvalue weighted by molar-refractivity contribution is -0.0557. The molecule has 0 aromatic heterocycles. The van der Waals surface area contributed by atoms with E-state index in [9.17, 15) is 0 Å². The van der Waals surface area contributed by atoms with Crippen molar-refractivity contribution in [2.45, 2.75) is 51.2 Å². The molecule has 0 aromatic carbocycles. The van der Waals surface area contributed by atoms with E-state index in [1.165, 1.54) is 6.42 Å². The quantitative estimate of drug-likeness (QED) is 0.661. The average Bonchev–Trinajstić information content (AvgIpc) is 2.45. The summed E-state index contributed by atoms with van der Waals surface area (Å²) in [5.41, 5.74) is 0.00700. The first-order valence-corrected chi connectivity index (χ1v) is 5.68. The molecule has 1 saturated heterocycles. The summed E-state index contributed by atoms with van der Waals surface area (Å²) in [5, 5.41) is 0. The molecule has 86 valence electrons. The van der Waals surface area contributed by atoms with Crippen molar-refractivity contribution in [2.75, 3.05) is 20.2 Å². The van der Waals surface area contributed by atoms with E-state index in [1.54, 1.807) is 0 Å². The third-order valence-electron chi connectivity index (χ3n) is 3.15. The molecular formula is C13H23NO. The molecule has 15 heavy (non-hydrogen) atoms. The SMILES string of the molecule is C#CC[C@@]1(COC(C)(C)C)CCCN1C. The highest BCUT2D eigenvalue weighted by atomic mass is 16.5. The molecule has 0 amide bonds. The fraction of sp³-hybridized carbons (Fsp3) is 0.846. The van der Waals surface area contributed by atoms with Crippen LogP contribution in [-0.2, 0) is 4.74 Å². The first kappa shape index (κ1) is 12.5. The lowest BCUT2D eigenvalue weighted by Gasteiger charge is -2.37. The molecule has 0 radical (unpaired) electrons. The fourth-order valence-electron chi connectivity index (χ4n) is 2.07. The van der Waals surface area contributed by atoms with E-state index in [0.717, 1.165) is 26.0 Å². The van der Waals surface area contributed by atoms with Crippen LogP contribution in [0.25, 0.3) is 0 Å². The Labute approximate surface area is 94.0 Å². The van der Waals surface area contributed by atoms with Gasteiger partial charge in [-0.2, -0.15) is 0 Å². The molecule has 1 aliphatic rings. The number of rotatable bonds is 3. The van der Waals surface area contributed by atoms with Gasteiger partial charge >= 0.3 is 0 Å². The highest BCUT2D eigenvalue weighted by Gasteiger charge is 2.39. The minimum Gasteiger partial charge on any atom is -0.374 e. The van der Waals surface area contributed by atoms with Crippen LogP contribution in [0.5, 0.6) is 0 Å². The molecule has 0 aromatic rings. The Kier molecular flexibility index (Phi) is 3.81. The van der Waals surface area contributed by atoms with Gasteiger partial charge in [-0.3, -0.25) is 4.90 Å². The predicted molar refractivity (Wildman–Crippen MR) is 63.8 cm³/mol. The minimum atomic E-state index is -0.0783. The monoisotopic (exact) mass is 209 g/mol. The molecule has 0 unspecified atom stereocenters. The highest BCUT2D eigenvalue weighted by molar-refractivity contribution is 5.04. The first-order chi connectivity index (χ1) is 6.90. The minimum absolute atomic E-state index is 0.0783. The zero-order valence-electron chi connectivity index (χ0n) is 10.5. The van der Waals surface area contributed by atoms with Crippen LogP contribution in [0, 0.1) is 12.3 Å². The molecule has 1 aliphatic heterocycles. The summed E-state index contributed by atoms with van der Waals surface area (Å²) >= 11 is 0. The number of hydrogen-bond donors (Lipinski definition) is 0. The van der Waals surface area contributed by atoms with E-state index in [2.05, 4.69) is 38.6 Å². The Bertz CT molecular complexity index is 248. The van der Waals surface area contributed by atoms with Crippen molar-refractivity contribution < 1.29 is 4.74 Å². The van der Waals surface area contributed by atoms with Crippen LogP contribution in [0.4, 0.5) is 0 Å². The van der Waals surface area contributed by atoms with Crippen molar-refractivity contribution in [1.29, 1.82) is 0 Å². The molecule has 0 bridgehead atoms. The molecule has 1 fully saturated rings. The van der Waals surface area contributed by atoms with Crippen molar-refractivity contribution in [3.8, 4) is 12.3 Å². The molecule has 1 heterocycles. The van der Waals surface area contributed by atoms with Gasteiger partial charge in [0.25, 0.3) is 0 Å². The first-order valence-electron chi connectivity index (χ1n) is 5.68. The molecule has 0 spiro atoms. The van der Waals surface area contributed by atoms with Crippen LogP contribution in [0.3, 0.4) is 0 Å². The van der Waals surface area contributed by atoms with Gasteiger partial charge in [0, 0.05) is 6.42 Å². The van der Waals surface area contributed by atoms with Gasteiger partial charge in [0.1, 0.15) is 0 Å². The topological polar surface area (TPSA) is 12.5 Å². The van der Waals surface area contributed by atoms with E-state index in [1.807, 2.05) is 0 Å². The second-order valence-electron chi connectivity index (χ2n) is 5.53. The van der Waals surface area contributed by atoms with E-state index in [-0.39, 0.29) is 11.1 Å². The van der Waals surface area contributed by atoms with Crippen molar-refractivity contribution >= 4 is 0 Å². The Morgan fingerprint density at radius 1 is 1.47 bits per heavy atom. The maximum Gasteiger partial charge on any atom is 0.0666 e. The van der Waals surface area contributed by atoms with E-state index in [4.69, 9.17) is 11.2 Å². The van der Waals surface area contributed by atoms with Crippen molar-refractivity contribution in [3.05, 3.63) is 0 Å². The number of likely N-dealkylation sites (N-methyl/N-ethyl adjacent to an activating group) is 1. The maximum absolute atomic E-state index is 5.90. The van der Waals surface area contributed by atoms with E-state index >= 15 is 0 Å². The Morgan fingerprint density at radius 2 is 2.13 bits per heavy atom. The van der Waals surface area contributed by atoms with E-state index in [0.29, 0.717) is 0 Å². The number of hydrogen-bond acceptors (Lipinski definition) is 2. The van der Waals surface area contributed by atoms with Gasteiger partial charge in [0.05, 0.1) is 17.7 Å². The molecule has 1 atom stereocenters. The summed E-state index contributed by atoms with van der Waals surface area (Å²) in [5.74, 6) is 2.80. The standard InChI is InChI=1S/C13H23NO/c1-6-8-13(9-7-10-14(13)5)11-15-12(2,3)4/h1H,7-11H2,2-5H3/t13-/m0/s1. The van der Waals surface area contributed by atoms with Crippen LogP contribution in [0.15, 0.2) is 0 Å². The number of ether oxygens (including phenoxy) is 1. The van der Waals surface area contributed by atoms with Gasteiger partial charge in [-0.15, -0.1) is 12.3 Å². The van der Waals surface area contributed by atoms with Gasteiger partial charge in [0.15, 0.2) is 0 Å². The second-order valence-corrected chi connectivity index (χ2v) is 5.53. The Balaban J connectivity index is 2.63. The van der Waals surface area contributed by atoms with E-state index < -0.39 is 0 Å². The molecule has 0 aliphatic carbocycles. The van der Waals surface area contributed by atoms with Gasteiger partial charge in [-0.05, 0) is 47.2 Å². The molecular weight excluding hydrogens is 186 g/mol. The molecule has 0 N–H and O–H groups in total. The van der Waals surface area contributed by atoms with Gasteiger partial charge in [0.2, 0.25) is 0 Å². The van der Waals surface area contributed by atoms with Gasteiger partial charge < -0.3 is 4.74 Å². The molecule has 0 saturated carbocycles. The van der Waals surface area contributed by atoms with Crippen LogP contribution in [-0.4, -0.2) is 36.2 Å². The maximum atomic E-state index is 5.90. The summed E-state index contributed by atoms with van der Waals surface area (Å²) in [6.45, 7) is 8.15. The molecule has 1 rings (SSSR count). The number of likely N-dealkylation sites (tertiary alicyclic amines) is 1. The van der Waals surface area contributed by atoms with Gasteiger partial charge in [-0.1, -0.05) is 0 Å². The number of nitrogens with zero attached hydrogens (tertiary/aromatic N) is 1. The summed E-state index contributed by atoms with van der Waals surface area (Å²) in [4.78, 5) is 2.36. The number of terminal acetylenes is 1. The van der Waals surface area contributed by atoms with Crippen molar-refractivity contribution in [3.63, 3.8) is 0 Å². The second kappa shape index (κ2) is 4.55. The summed E-state index contributed by atoms with van der Waals surface area (Å²) in [6, 6.07) is 0. The van der Waals surface area contributed by atoms with Gasteiger partial charge in [-0.25, -0.2) is 0 Å². The smallest absolute Gasteiger partial charge is 0.0666 e. The lowest BCUT2D eigenvalue weighted by Crippen LogP contribution is -2.46. The lowest BCUT2D eigenvalue weighted by atomic mass is 9.93. The zero-order valence-corrected chi connectivity index (χ0v) is 10.5. The van der Waals surface area contributed by atoms with Crippen LogP contribution >= 0.6 is 0 Å². The van der Waals surface area contributed by atoms with Crippen LogP contribution in [0.1, 0.15) is 40.0 Å². The largest absolute Gasteiger partial charge is 0.374 e. The van der Waals surface area contributed by atoms with Crippen molar-refractivity contribution in [1.82, 2.24) is 4.90 Å². The third kappa shape index (κ3) is 3.22.